The molecule has 33 heavy (non-hydrogen) atoms. The van der Waals surface area contributed by atoms with Crippen LogP contribution in [0.2, 0.25) is 0 Å². The molecule has 2 amide bonds. The van der Waals surface area contributed by atoms with Crippen molar-refractivity contribution in [3.05, 3.63) is 29.6 Å². The lowest BCUT2D eigenvalue weighted by Crippen LogP contribution is -2.23. The lowest BCUT2D eigenvalue weighted by molar-refractivity contribution is -0.117. The summed E-state index contributed by atoms with van der Waals surface area (Å²) in [5.74, 6) is -1.67. The molecule has 0 unspecified atom stereocenters. The van der Waals surface area contributed by atoms with Crippen LogP contribution in [0.5, 0.6) is 0 Å². The topological polar surface area (TPSA) is 163 Å². The quantitative estimate of drug-likeness (QED) is 0.461. The molecule has 0 radical (unpaired) electrons. The maximum absolute atomic E-state index is 12.6. The fourth-order valence-corrected chi connectivity index (χ4v) is 4.50. The molecule has 2 aromatic heterocycles. The highest BCUT2D eigenvalue weighted by Crippen LogP contribution is 2.70. The van der Waals surface area contributed by atoms with Crippen molar-refractivity contribution in [2.45, 2.75) is 43.6 Å². The van der Waals surface area contributed by atoms with Crippen molar-refractivity contribution in [2.75, 3.05) is 23.9 Å². The minimum atomic E-state index is -3.87. The molecule has 12 heteroatoms. The van der Waals surface area contributed by atoms with E-state index in [2.05, 4.69) is 25.8 Å². The van der Waals surface area contributed by atoms with Crippen molar-refractivity contribution in [3.8, 4) is 0 Å². The molecule has 2 fully saturated rings. The van der Waals surface area contributed by atoms with E-state index < -0.39 is 34.0 Å². The Bertz CT molecular complexity index is 1350. The van der Waals surface area contributed by atoms with Crippen LogP contribution in [0.15, 0.2) is 23.2 Å². The molecule has 4 N–H and O–H groups in total. The van der Waals surface area contributed by atoms with Gasteiger partial charge in [0.15, 0.2) is 21.3 Å². The second-order valence-electron chi connectivity index (χ2n) is 9.08. The highest BCUT2D eigenvalue weighted by Gasteiger charge is 2.65. The summed E-state index contributed by atoms with van der Waals surface area (Å²) in [5.41, 5.74) is -1.65. The first kappa shape index (κ1) is 19.4. The summed E-state index contributed by atoms with van der Waals surface area (Å²) in [4.78, 5) is 29.0. The van der Waals surface area contributed by atoms with Gasteiger partial charge in [-0.05, 0) is 44.6 Å². The van der Waals surface area contributed by atoms with E-state index in [1.807, 2.05) is 0 Å². The van der Waals surface area contributed by atoms with Crippen molar-refractivity contribution in [1.29, 1.82) is 0 Å². The zero-order valence-corrected chi connectivity index (χ0v) is 19.1. The second kappa shape index (κ2) is 7.73. The molecule has 0 aromatic carbocycles. The Hall–Kier alpha value is -3.12. The number of amides is 2. The van der Waals surface area contributed by atoms with E-state index in [-0.39, 0.29) is 45.0 Å². The summed E-state index contributed by atoms with van der Waals surface area (Å²) in [5, 5.41) is 25.1. The number of hydrogen-bond donors (Lipinski definition) is 4. The molecular formula is C21H26N6O5S. The Morgan fingerprint density at radius 2 is 2.00 bits per heavy atom. The van der Waals surface area contributed by atoms with Crippen LogP contribution in [-0.4, -0.2) is 53.8 Å². The molecule has 2 saturated carbocycles. The van der Waals surface area contributed by atoms with Gasteiger partial charge in [-0.25, -0.2) is 13.4 Å². The van der Waals surface area contributed by atoms with Gasteiger partial charge >= 0.3 is 0 Å². The summed E-state index contributed by atoms with van der Waals surface area (Å²) in [7, 11) is -3.87. The van der Waals surface area contributed by atoms with Gasteiger partial charge in [-0.1, -0.05) is 0 Å². The molecule has 2 heterocycles. The predicted molar refractivity (Wildman–Crippen MR) is 120 cm³/mol. The maximum Gasteiger partial charge on any atom is 0.273 e. The lowest BCUT2D eigenvalue weighted by Gasteiger charge is -2.20. The average molecular weight is 478 g/mol. The number of pyridine rings is 1. The smallest absolute Gasteiger partial charge is 0.273 e. The Morgan fingerprint density at radius 1 is 1.27 bits per heavy atom. The Labute approximate surface area is 195 Å². The minimum Gasteiger partial charge on any atom is -0.386 e. The Balaban J connectivity index is 1.72. The Kier molecular flexibility index (Phi) is 4.54. The van der Waals surface area contributed by atoms with Gasteiger partial charge in [-0.15, -0.1) is 10.2 Å². The predicted octanol–water partition coefficient (Wildman–Crippen LogP) is 1.34. The van der Waals surface area contributed by atoms with Gasteiger partial charge in [0.05, 0.1) is 11.3 Å². The van der Waals surface area contributed by atoms with Crippen molar-refractivity contribution in [3.63, 3.8) is 0 Å². The van der Waals surface area contributed by atoms with Gasteiger partial charge < -0.3 is 21.1 Å². The molecule has 0 saturated heterocycles. The zero-order chi connectivity index (χ0) is 26.7. The number of sulfone groups is 1. The molecule has 0 bridgehead atoms. The fraction of sp³-hybridized carbons (Fsp3) is 0.476. The van der Waals surface area contributed by atoms with E-state index >= 15 is 0 Å². The summed E-state index contributed by atoms with van der Waals surface area (Å²) in [6.07, 6.45) is 5.01. The number of carbonyl (C=O) groups excluding carboxylic acids is 2. The summed E-state index contributed by atoms with van der Waals surface area (Å²) >= 11 is 0. The van der Waals surface area contributed by atoms with Gasteiger partial charge in [0.2, 0.25) is 5.91 Å². The van der Waals surface area contributed by atoms with Crippen molar-refractivity contribution >= 4 is 39.0 Å². The van der Waals surface area contributed by atoms with E-state index in [0.29, 0.717) is 0 Å². The number of rotatable bonds is 7. The van der Waals surface area contributed by atoms with Crippen LogP contribution in [0.25, 0.3) is 0 Å². The third kappa shape index (κ3) is 4.67. The van der Waals surface area contributed by atoms with E-state index in [0.717, 1.165) is 25.5 Å². The first-order valence-electron chi connectivity index (χ1n) is 11.7. The summed E-state index contributed by atoms with van der Waals surface area (Å²) < 4.78 is 46.9. The van der Waals surface area contributed by atoms with Gasteiger partial charge in [0, 0.05) is 41.1 Å². The van der Waals surface area contributed by atoms with Crippen LogP contribution < -0.4 is 16.0 Å². The molecule has 2 aliphatic rings. The molecule has 176 valence electrons. The van der Waals surface area contributed by atoms with Crippen molar-refractivity contribution in [1.82, 2.24) is 20.5 Å². The third-order valence-corrected chi connectivity index (χ3v) is 7.09. The van der Waals surface area contributed by atoms with Crippen LogP contribution in [0.1, 0.15) is 53.3 Å². The van der Waals surface area contributed by atoms with E-state index in [4.69, 9.17) is 4.11 Å². The number of aliphatic hydroxyl groups is 1. The van der Waals surface area contributed by atoms with Gasteiger partial charge in [0.25, 0.3) is 5.91 Å². The van der Waals surface area contributed by atoms with Gasteiger partial charge in [-0.3, -0.25) is 9.59 Å². The van der Waals surface area contributed by atoms with Gasteiger partial charge in [-0.2, -0.15) is 0 Å². The molecular weight excluding hydrogens is 448 g/mol. The van der Waals surface area contributed by atoms with Crippen molar-refractivity contribution < 1.29 is 27.2 Å². The van der Waals surface area contributed by atoms with Gasteiger partial charge in [0.1, 0.15) is 10.7 Å². The molecule has 2 aromatic rings. The number of nitrogens with zero attached hydrogens (tertiary/aromatic N) is 3. The number of hydrogen-bond acceptors (Lipinski definition) is 9. The highest BCUT2D eigenvalue weighted by atomic mass is 32.2. The largest absolute Gasteiger partial charge is 0.386 e. The average Bonchev–Trinajstić information content (AvgIpc) is 3.64. The summed E-state index contributed by atoms with van der Waals surface area (Å²) in [6, 6.07) is 2.49. The lowest BCUT2D eigenvalue weighted by atomic mass is 10.0. The molecule has 11 nitrogen and oxygen atoms in total. The second-order valence-corrected chi connectivity index (χ2v) is 11.1. The van der Waals surface area contributed by atoms with Crippen LogP contribution in [-0.2, 0) is 20.2 Å². The molecule has 1 atom stereocenters. The molecule has 1 spiro atoms. The summed E-state index contributed by atoms with van der Waals surface area (Å²) in [6.45, 7) is 0.111. The number of nitrogens with one attached hydrogen (secondary N) is 3. The zero-order valence-electron chi connectivity index (χ0n) is 21.3. The number of carbonyl (C=O) groups is 2. The third-order valence-electron chi connectivity index (χ3n) is 5.98. The van der Waals surface area contributed by atoms with Crippen LogP contribution >= 0.6 is 0 Å². The standard InChI is InChI=1S/C21H26N6O5S/c1-20(2,30)11-7-14(33(4,31)32)17(23-10-11)24-13-8-15(26-27-16(13)19(29)22-3)25-18(28)12-9-21(12)5-6-21/h7-8,10,12,30H,5-6,9H2,1-4H3,(H,22,29)(H2,23,24,25,26,28)/t12-/m0/s1/i3D3. The van der Waals surface area contributed by atoms with Crippen molar-refractivity contribution in [2.24, 2.45) is 11.3 Å². The molecule has 0 aliphatic heterocycles. The monoisotopic (exact) mass is 477 g/mol. The first-order valence-corrected chi connectivity index (χ1v) is 12.1. The normalized spacial score (nSPS) is 20.2. The number of anilines is 3. The molecule has 2 aliphatic carbocycles. The number of aromatic nitrogens is 3. The SMILES string of the molecule is [2H]C([2H])([2H])NC(=O)c1nnc(NC(=O)[C@@H]2CC23CC3)cc1Nc1ncc(C(C)(C)O)cc1S(C)(=O)=O. The highest BCUT2D eigenvalue weighted by molar-refractivity contribution is 7.90. The fourth-order valence-electron chi connectivity index (χ4n) is 3.70. The Morgan fingerprint density at radius 3 is 2.58 bits per heavy atom. The molecule has 4 rings (SSSR count). The first-order chi connectivity index (χ1) is 16.5. The maximum atomic E-state index is 12.6. The van der Waals surface area contributed by atoms with E-state index in [1.54, 1.807) is 5.32 Å². The van der Waals surface area contributed by atoms with Crippen LogP contribution in [0.3, 0.4) is 0 Å². The van der Waals surface area contributed by atoms with Crippen LogP contribution in [0, 0.1) is 11.3 Å². The minimum absolute atomic E-state index is 0.00958. The van der Waals surface area contributed by atoms with Crippen LogP contribution in [0.4, 0.5) is 17.3 Å². The van der Waals surface area contributed by atoms with E-state index in [1.165, 1.54) is 32.2 Å². The van der Waals surface area contributed by atoms with E-state index in [9.17, 15) is 23.1 Å².